The van der Waals surface area contributed by atoms with Gasteiger partial charge in [-0.1, -0.05) is 31.9 Å². The van der Waals surface area contributed by atoms with E-state index >= 15 is 0 Å². The highest BCUT2D eigenvalue weighted by Crippen LogP contribution is 2.64. The molecule has 0 aliphatic heterocycles. The summed E-state index contributed by atoms with van der Waals surface area (Å²) in [5.41, 5.74) is 3.80. The molecule has 0 aromatic heterocycles. The molecule has 4 unspecified atom stereocenters. The second kappa shape index (κ2) is 2.87. The number of allylic oxidation sites excluding steroid dienone is 2. The van der Waals surface area contributed by atoms with Crippen LogP contribution in [-0.4, -0.2) is 0 Å². The first-order valence-electron chi connectivity index (χ1n) is 6.40. The molecule has 3 rings (SSSR count). The maximum Gasteiger partial charge on any atom is -0.0103 e. The highest BCUT2D eigenvalue weighted by atomic mass is 14.6. The maximum atomic E-state index is 2.49. The Morgan fingerprint density at radius 1 is 1.14 bits per heavy atom. The Morgan fingerprint density at radius 3 is 2.36 bits per heavy atom. The Bertz CT molecular complexity index is 284. The van der Waals surface area contributed by atoms with Gasteiger partial charge in [-0.15, -0.1) is 0 Å². The summed E-state index contributed by atoms with van der Waals surface area (Å²) in [5.74, 6) is 5.05. The predicted octanol–water partition coefficient (Wildman–Crippen LogP) is 4.02. The van der Waals surface area contributed by atoms with Crippen LogP contribution in [0.3, 0.4) is 0 Å². The van der Waals surface area contributed by atoms with Crippen LogP contribution in [0, 0.1) is 29.6 Å². The minimum atomic E-state index is 0.899. The van der Waals surface area contributed by atoms with Crippen LogP contribution in [0.25, 0.3) is 0 Å². The summed E-state index contributed by atoms with van der Waals surface area (Å²) in [5, 5.41) is 0. The highest BCUT2D eigenvalue weighted by molar-refractivity contribution is 5.43. The number of rotatable bonds is 2. The van der Waals surface area contributed by atoms with E-state index in [0.29, 0.717) is 0 Å². The zero-order valence-electron chi connectivity index (χ0n) is 9.72. The molecule has 0 heteroatoms. The van der Waals surface area contributed by atoms with Crippen molar-refractivity contribution >= 4 is 0 Å². The molecule has 3 aliphatic rings. The van der Waals surface area contributed by atoms with Gasteiger partial charge in [0, 0.05) is 0 Å². The largest absolute Gasteiger partial charge is 0.0664 e. The third-order valence-corrected chi connectivity index (χ3v) is 4.84. The highest BCUT2D eigenvalue weighted by Gasteiger charge is 2.54. The number of fused-ring (bicyclic) bond motifs is 3. The van der Waals surface area contributed by atoms with Crippen LogP contribution in [0.4, 0.5) is 0 Å². The average Bonchev–Trinajstić information content (AvgIpc) is 2.27. The standard InChI is InChI=1S/C14H22/c1-8(2)6-10-7-9(3)13-11-4-5-12(11)14(10)13/h8-10,13-14H,4-7H2,1-3H3. The van der Waals surface area contributed by atoms with Gasteiger partial charge in [-0.25, -0.2) is 0 Å². The minimum absolute atomic E-state index is 0.899. The van der Waals surface area contributed by atoms with E-state index in [2.05, 4.69) is 20.8 Å². The Hall–Kier alpha value is -0.260. The van der Waals surface area contributed by atoms with Crippen LogP contribution < -0.4 is 0 Å². The van der Waals surface area contributed by atoms with Crippen LogP contribution in [-0.2, 0) is 0 Å². The molecule has 1 fully saturated rings. The van der Waals surface area contributed by atoms with Gasteiger partial charge < -0.3 is 0 Å². The molecule has 78 valence electrons. The lowest BCUT2D eigenvalue weighted by Gasteiger charge is -2.49. The fraction of sp³-hybridized carbons (Fsp3) is 0.857. The van der Waals surface area contributed by atoms with E-state index in [1.807, 2.05) is 11.1 Å². The van der Waals surface area contributed by atoms with Crippen molar-refractivity contribution in [3.05, 3.63) is 11.1 Å². The molecule has 4 atom stereocenters. The molecular formula is C14H22. The van der Waals surface area contributed by atoms with Gasteiger partial charge in [-0.05, 0) is 55.3 Å². The molecule has 0 aromatic carbocycles. The zero-order valence-corrected chi connectivity index (χ0v) is 9.72. The van der Waals surface area contributed by atoms with Gasteiger partial charge in [0.25, 0.3) is 0 Å². The molecule has 0 saturated heterocycles. The smallest absolute Gasteiger partial charge is 0.0103 e. The SMILES string of the molecule is CC(C)CC1CC(C)C2C3=C(CC3)C12. The van der Waals surface area contributed by atoms with Crippen molar-refractivity contribution in [1.82, 2.24) is 0 Å². The van der Waals surface area contributed by atoms with Crippen molar-refractivity contribution in [2.75, 3.05) is 0 Å². The van der Waals surface area contributed by atoms with E-state index in [1.54, 1.807) is 0 Å². The Labute approximate surface area is 87.8 Å². The lowest BCUT2D eigenvalue weighted by atomic mass is 9.56. The molecule has 0 N–H and O–H groups in total. The van der Waals surface area contributed by atoms with Gasteiger partial charge >= 0.3 is 0 Å². The summed E-state index contributed by atoms with van der Waals surface area (Å²) < 4.78 is 0. The Morgan fingerprint density at radius 2 is 1.79 bits per heavy atom. The van der Waals surface area contributed by atoms with E-state index in [0.717, 1.165) is 29.6 Å². The Kier molecular flexibility index (Phi) is 1.84. The lowest BCUT2D eigenvalue weighted by Crippen LogP contribution is -2.38. The van der Waals surface area contributed by atoms with Gasteiger partial charge in [0.1, 0.15) is 0 Å². The molecule has 14 heavy (non-hydrogen) atoms. The molecule has 0 amide bonds. The van der Waals surface area contributed by atoms with Gasteiger partial charge in [-0.2, -0.15) is 0 Å². The third-order valence-electron chi connectivity index (χ3n) is 4.84. The summed E-state index contributed by atoms with van der Waals surface area (Å²) in [6.07, 6.45) is 5.90. The summed E-state index contributed by atoms with van der Waals surface area (Å²) >= 11 is 0. The molecular weight excluding hydrogens is 168 g/mol. The molecule has 1 saturated carbocycles. The summed E-state index contributed by atoms with van der Waals surface area (Å²) in [7, 11) is 0. The van der Waals surface area contributed by atoms with E-state index in [1.165, 1.54) is 25.7 Å². The lowest BCUT2D eigenvalue weighted by molar-refractivity contribution is 0.245. The van der Waals surface area contributed by atoms with Crippen LogP contribution in [0.2, 0.25) is 0 Å². The molecule has 0 spiro atoms. The van der Waals surface area contributed by atoms with Crippen molar-refractivity contribution in [3.8, 4) is 0 Å². The first kappa shape index (κ1) is 9.00. The van der Waals surface area contributed by atoms with Gasteiger partial charge in [0.2, 0.25) is 0 Å². The summed E-state index contributed by atoms with van der Waals surface area (Å²) in [4.78, 5) is 0. The van der Waals surface area contributed by atoms with E-state index in [9.17, 15) is 0 Å². The first-order chi connectivity index (χ1) is 6.68. The van der Waals surface area contributed by atoms with Crippen molar-refractivity contribution < 1.29 is 0 Å². The van der Waals surface area contributed by atoms with Crippen LogP contribution >= 0.6 is 0 Å². The molecule has 0 heterocycles. The maximum absolute atomic E-state index is 2.49. The van der Waals surface area contributed by atoms with E-state index < -0.39 is 0 Å². The normalized spacial score (nSPS) is 44.6. The van der Waals surface area contributed by atoms with E-state index in [4.69, 9.17) is 0 Å². The van der Waals surface area contributed by atoms with Crippen LogP contribution in [0.15, 0.2) is 11.1 Å². The first-order valence-corrected chi connectivity index (χ1v) is 6.40. The third kappa shape index (κ3) is 1.00. The quantitative estimate of drug-likeness (QED) is 0.577. The fourth-order valence-electron chi connectivity index (χ4n) is 4.41. The summed E-state index contributed by atoms with van der Waals surface area (Å²) in [6.45, 7) is 7.25. The summed E-state index contributed by atoms with van der Waals surface area (Å²) in [6, 6.07) is 0. The topological polar surface area (TPSA) is 0 Å². The number of hydrogen-bond donors (Lipinski definition) is 0. The van der Waals surface area contributed by atoms with Gasteiger partial charge in [0.15, 0.2) is 0 Å². The molecule has 3 aliphatic carbocycles. The second-order valence-corrected chi connectivity index (χ2v) is 6.20. The predicted molar refractivity (Wildman–Crippen MR) is 60.0 cm³/mol. The van der Waals surface area contributed by atoms with Crippen LogP contribution in [0.5, 0.6) is 0 Å². The van der Waals surface area contributed by atoms with Crippen molar-refractivity contribution in [2.45, 2.75) is 46.5 Å². The minimum Gasteiger partial charge on any atom is -0.0664 e. The molecule has 0 bridgehead atoms. The molecule has 0 radical (unpaired) electrons. The van der Waals surface area contributed by atoms with Crippen molar-refractivity contribution in [2.24, 2.45) is 29.6 Å². The zero-order chi connectivity index (χ0) is 9.87. The van der Waals surface area contributed by atoms with Gasteiger partial charge in [0.05, 0.1) is 0 Å². The van der Waals surface area contributed by atoms with E-state index in [-0.39, 0.29) is 0 Å². The Balaban J connectivity index is 1.78. The molecule has 0 nitrogen and oxygen atoms in total. The fourth-order valence-corrected chi connectivity index (χ4v) is 4.41. The van der Waals surface area contributed by atoms with Crippen LogP contribution in [0.1, 0.15) is 46.5 Å². The van der Waals surface area contributed by atoms with Crippen molar-refractivity contribution in [3.63, 3.8) is 0 Å². The number of hydrogen-bond acceptors (Lipinski definition) is 0. The monoisotopic (exact) mass is 190 g/mol. The second-order valence-electron chi connectivity index (χ2n) is 6.20. The average molecular weight is 190 g/mol. The van der Waals surface area contributed by atoms with Crippen molar-refractivity contribution in [1.29, 1.82) is 0 Å². The van der Waals surface area contributed by atoms with Gasteiger partial charge in [-0.3, -0.25) is 0 Å². The molecule has 0 aromatic rings.